The molecule has 2 aromatic carbocycles. The van der Waals surface area contributed by atoms with E-state index in [2.05, 4.69) is 5.32 Å². The van der Waals surface area contributed by atoms with Gasteiger partial charge in [0.2, 0.25) is 0 Å². The number of nitrogens with zero attached hydrogens (tertiary/aromatic N) is 1. The van der Waals surface area contributed by atoms with Gasteiger partial charge < -0.3 is 19.7 Å². The van der Waals surface area contributed by atoms with E-state index < -0.39 is 5.82 Å². The van der Waals surface area contributed by atoms with E-state index >= 15 is 0 Å². The van der Waals surface area contributed by atoms with E-state index in [-0.39, 0.29) is 17.1 Å². The zero-order chi connectivity index (χ0) is 18.7. The first-order valence-electron chi connectivity index (χ1n) is 8.28. The molecule has 1 unspecified atom stereocenters. The SMILES string of the molecule is COc1ccc(OC)c(C2CCCN2C(=O)Nc2ccc(Cl)c(F)c2)c1. The van der Waals surface area contributed by atoms with Gasteiger partial charge in [0.05, 0.1) is 25.3 Å². The van der Waals surface area contributed by atoms with Crippen molar-refractivity contribution in [3.05, 3.63) is 52.8 Å². The summed E-state index contributed by atoms with van der Waals surface area (Å²) in [6.45, 7) is 0.604. The van der Waals surface area contributed by atoms with E-state index in [1.807, 2.05) is 18.2 Å². The van der Waals surface area contributed by atoms with Crippen LogP contribution in [-0.2, 0) is 0 Å². The lowest BCUT2D eigenvalue weighted by molar-refractivity contribution is 0.206. The Morgan fingerprint density at radius 3 is 2.73 bits per heavy atom. The molecule has 138 valence electrons. The summed E-state index contributed by atoms with van der Waals surface area (Å²) >= 11 is 5.69. The van der Waals surface area contributed by atoms with Crippen molar-refractivity contribution < 1.29 is 18.7 Å². The number of urea groups is 1. The lowest BCUT2D eigenvalue weighted by Gasteiger charge is -2.27. The highest BCUT2D eigenvalue weighted by molar-refractivity contribution is 6.30. The van der Waals surface area contributed by atoms with E-state index in [1.165, 1.54) is 12.1 Å². The smallest absolute Gasteiger partial charge is 0.322 e. The number of benzene rings is 2. The Kier molecular flexibility index (Phi) is 5.52. The molecule has 2 aromatic rings. The quantitative estimate of drug-likeness (QED) is 0.826. The molecule has 1 aliphatic heterocycles. The van der Waals surface area contributed by atoms with Crippen LogP contribution in [-0.4, -0.2) is 31.7 Å². The van der Waals surface area contributed by atoms with Gasteiger partial charge in [-0.1, -0.05) is 11.6 Å². The predicted molar refractivity (Wildman–Crippen MR) is 98.7 cm³/mol. The number of carbonyl (C=O) groups excluding carboxylic acids is 1. The number of hydrogen-bond donors (Lipinski definition) is 1. The largest absolute Gasteiger partial charge is 0.497 e. The summed E-state index contributed by atoms with van der Waals surface area (Å²) in [6.07, 6.45) is 1.68. The van der Waals surface area contributed by atoms with Crippen LogP contribution >= 0.6 is 11.6 Å². The average molecular weight is 379 g/mol. The highest BCUT2D eigenvalue weighted by Crippen LogP contribution is 2.39. The molecule has 1 heterocycles. The molecule has 0 spiro atoms. The van der Waals surface area contributed by atoms with Crippen LogP contribution < -0.4 is 14.8 Å². The molecular weight excluding hydrogens is 359 g/mol. The number of amides is 2. The van der Waals surface area contributed by atoms with Gasteiger partial charge in [-0.15, -0.1) is 0 Å². The van der Waals surface area contributed by atoms with Gasteiger partial charge >= 0.3 is 6.03 Å². The maximum Gasteiger partial charge on any atom is 0.322 e. The number of anilines is 1. The lowest BCUT2D eigenvalue weighted by Crippen LogP contribution is -2.34. The molecule has 7 heteroatoms. The topological polar surface area (TPSA) is 50.8 Å². The van der Waals surface area contributed by atoms with Gasteiger partial charge in [0, 0.05) is 17.8 Å². The molecule has 1 N–H and O–H groups in total. The third-order valence-electron chi connectivity index (χ3n) is 4.48. The van der Waals surface area contributed by atoms with Gasteiger partial charge in [-0.05, 0) is 49.2 Å². The van der Waals surface area contributed by atoms with Crippen molar-refractivity contribution >= 4 is 23.3 Å². The molecule has 3 rings (SSSR count). The maximum absolute atomic E-state index is 13.6. The van der Waals surface area contributed by atoms with E-state index in [9.17, 15) is 9.18 Å². The zero-order valence-corrected chi connectivity index (χ0v) is 15.3. The molecule has 26 heavy (non-hydrogen) atoms. The molecule has 0 aromatic heterocycles. The van der Waals surface area contributed by atoms with Gasteiger partial charge in [-0.25, -0.2) is 9.18 Å². The molecular formula is C19H20ClFN2O3. The van der Waals surface area contributed by atoms with Gasteiger partial charge in [0.15, 0.2) is 0 Å². The number of rotatable bonds is 4. The van der Waals surface area contributed by atoms with Crippen LogP contribution in [0.3, 0.4) is 0 Å². The Morgan fingerprint density at radius 2 is 2.04 bits per heavy atom. The second kappa shape index (κ2) is 7.83. The van der Waals surface area contributed by atoms with E-state index in [1.54, 1.807) is 25.2 Å². The third-order valence-corrected chi connectivity index (χ3v) is 4.79. The van der Waals surface area contributed by atoms with E-state index in [0.29, 0.717) is 23.7 Å². The summed E-state index contributed by atoms with van der Waals surface area (Å²) in [5.41, 5.74) is 1.25. The van der Waals surface area contributed by atoms with Crippen LogP contribution in [0.5, 0.6) is 11.5 Å². The van der Waals surface area contributed by atoms with Crippen molar-refractivity contribution in [2.45, 2.75) is 18.9 Å². The molecule has 0 saturated carbocycles. The van der Waals surface area contributed by atoms with Crippen molar-refractivity contribution in [2.24, 2.45) is 0 Å². The Hall–Kier alpha value is -2.47. The molecule has 1 fully saturated rings. The third kappa shape index (κ3) is 3.70. The van der Waals surface area contributed by atoms with Gasteiger partial charge in [0.1, 0.15) is 17.3 Å². The van der Waals surface area contributed by atoms with Crippen LogP contribution in [0.25, 0.3) is 0 Å². The Morgan fingerprint density at radius 1 is 1.23 bits per heavy atom. The monoisotopic (exact) mass is 378 g/mol. The minimum atomic E-state index is -0.572. The molecule has 0 aliphatic carbocycles. The van der Waals surface area contributed by atoms with Crippen LogP contribution in [0.1, 0.15) is 24.4 Å². The standard InChI is InChI=1S/C19H20ClFN2O3/c1-25-13-6-8-18(26-2)14(11-13)17-4-3-9-23(17)19(24)22-12-5-7-15(20)16(21)10-12/h5-8,10-11,17H,3-4,9H2,1-2H3,(H,22,24). The van der Waals surface area contributed by atoms with Crippen molar-refractivity contribution in [1.29, 1.82) is 0 Å². The van der Waals surface area contributed by atoms with Crippen LogP contribution in [0, 0.1) is 5.82 Å². The number of ether oxygens (including phenoxy) is 2. The van der Waals surface area contributed by atoms with Crippen molar-refractivity contribution in [3.63, 3.8) is 0 Å². The number of carbonyl (C=O) groups is 1. The normalized spacial score (nSPS) is 16.5. The minimum absolute atomic E-state index is 0.0168. The first-order valence-corrected chi connectivity index (χ1v) is 8.66. The fraction of sp³-hybridized carbons (Fsp3) is 0.316. The summed E-state index contributed by atoms with van der Waals surface area (Å²) in [5.74, 6) is 0.831. The van der Waals surface area contributed by atoms with Crippen molar-refractivity contribution in [3.8, 4) is 11.5 Å². The Labute approximate surface area is 156 Å². The minimum Gasteiger partial charge on any atom is -0.497 e. The fourth-order valence-corrected chi connectivity index (χ4v) is 3.32. The number of hydrogen-bond acceptors (Lipinski definition) is 3. The van der Waals surface area contributed by atoms with Gasteiger partial charge in [0.25, 0.3) is 0 Å². The molecule has 5 nitrogen and oxygen atoms in total. The highest BCUT2D eigenvalue weighted by atomic mass is 35.5. The number of nitrogens with one attached hydrogen (secondary N) is 1. The van der Waals surface area contributed by atoms with E-state index in [0.717, 1.165) is 18.4 Å². The highest BCUT2D eigenvalue weighted by Gasteiger charge is 2.32. The second-order valence-corrected chi connectivity index (χ2v) is 6.43. The second-order valence-electron chi connectivity index (χ2n) is 6.02. The number of halogens is 2. The molecule has 0 bridgehead atoms. The molecule has 1 aliphatic rings. The Balaban J connectivity index is 1.83. The Bertz CT molecular complexity index is 815. The zero-order valence-electron chi connectivity index (χ0n) is 14.6. The molecule has 1 saturated heterocycles. The summed E-state index contributed by atoms with van der Waals surface area (Å²) in [4.78, 5) is 14.5. The fourth-order valence-electron chi connectivity index (χ4n) is 3.20. The van der Waals surface area contributed by atoms with Gasteiger partial charge in [-0.2, -0.15) is 0 Å². The van der Waals surface area contributed by atoms with Crippen LogP contribution in [0.15, 0.2) is 36.4 Å². The van der Waals surface area contributed by atoms with Gasteiger partial charge in [-0.3, -0.25) is 0 Å². The summed E-state index contributed by atoms with van der Waals surface area (Å²) in [6, 6.07) is 9.29. The van der Waals surface area contributed by atoms with Crippen molar-refractivity contribution in [1.82, 2.24) is 4.90 Å². The van der Waals surface area contributed by atoms with E-state index in [4.69, 9.17) is 21.1 Å². The molecule has 2 amide bonds. The number of likely N-dealkylation sites (tertiary alicyclic amines) is 1. The van der Waals surface area contributed by atoms with Crippen LogP contribution in [0.2, 0.25) is 5.02 Å². The summed E-state index contributed by atoms with van der Waals surface area (Å²) in [7, 11) is 3.20. The molecule has 1 atom stereocenters. The molecule has 0 radical (unpaired) electrons. The van der Waals surface area contributed by atoms with Crippen molar-refractivity contribution in [2.75, 3.05) is 26.1 Å². The summed E-state index contributed by atoms with van der Waals surface area (Å²) in [5, 5.41) is 2.75. The summed E-state index contributed by atoms with van der Waals surface area (Å²) < 4.78 is 24.4. The number of methoxy groups -OCH3 is 2. The first kappa shape index (κ1) is 18.3. The maximum atomic E-state index is 13.6. The first-order chi connectivity index (χ1) is 12.5. The predicted octanol–water partition coefficient (Wildman–Crippen LogP) is 4.87. The van der Waals surface area contributed by atoms with Crippen LogP contribution in [0.4, 0.5) is 14.9 Å². The lowest BCUT2D eigenvalue weighted by atomic mass is 10.0. The average Bonchev–Trinajstić information content (AvgIpc) is 3.14.